The van der Waals surface area contributed by atoms with Gasteiger partial charge in [-0.15, -0.1) is 11.8 Å². The molecule has 144 valence electrons. The maximum atomic E-state index is 13.0. The van der Waals surface area contributed by atoms with Gasteiger partial charge in [0.05, 0.1) is 16.3 Å². The summed E-state index contributed by atoms with van der Waals surface area (Å²) in [6.07, 6.45) is 0.876. The maximum absolute atomic E-state index is 13.0. The normalized spacial score (nSPS) is 14.4. The lowest BCUT2D eigenvalue weighted by atomic mass is 10.1. The number of anilines is 2. The van der Waals surface area contributed by atoms with Gasteiger partial charge in [-0.2, -0.15) is 0 Å². The van der Waals surface area contributed by atoms with E-state index in [9.17, 15) is 13.2 Å². The number of carbonyl (C=O) groups excluding carboxylic acids is 1. The number of nitrogens with one attached hydrogen (secondary N) is 1. The first-order valence-electron chi connectivity index (χ1n) is 8.84. The fraction of sp³-hybridized carbons (Fsp3) is 0.350. The van der Waals surface area contributed by atoms with Crippen LogP contribution in [-0.2, 0) is 14.8 Å². The quantitative estimate of drug-likeness (QED) is 0.830. The third kappa shape index (κ3) is 4.14. The molecule has 0 atom stereocenters. The Balaban J connectivity index is 2.02. The molecule has 1 N–H and O–H groups in total. The number of carbonyl (C=O) groups is 1. The lowest BCUT2D eigenvalue weighted by molar-refractivity contribution is -0.116. The predicted octanol–water partition coefficient (Wildman–Crippen LogP) is 4.26. The summed E-state index contributed by atoms with van der Waals surface area (Å²) in [6, 6.07) is 8.92. The van der Waals surface area contributed by atoms with Crippen molar-refractivity contribution >= 4 is 39.1 Å². The van der Waals surface area contributed by atoms with Crippen molar-refractivity contribution in [3.8, 4) is 0 Å². The van der Waals surface area contributed by atoms with Gasteiger partial charge in [0.25, 0.3) is 10.0 Å². The number of thioether (sulfide) groups is 1. The molecule has 0 radical (unpaired) electrons. The number of aryl methyl sites for hydroxylation is 3. The molecule has 27 heavy (non-hydrogen) atoms. The van der Waals surface area contributed by atoms with E-state index in [2.05, 4.69) is 4.72 Å². The number of fused-ring (bicyclic) bond motifs is 1. The van der Waals surface area contributed by atoms with Crippen molar-refractivity contribution in [2.24, 2.45) is 0 Å². The molecule has 7 heteroatoms. The monoisotopic (exact) mass is 404 g/mol. The van der Waals surface area contributed by atoms with Gasteiger partial charge in [-0.3, -0.25) is 9.52 Å². The van der Waals surface area contributed by atoms with Gasteiger partial charge in [-0.1, -0.05) is 17.7 Å². The van der Waals surface area contributed by atoms with Crippen molar-refractivity contribution in [1.29, 1.82) is 0 Å². The molecule has 0 saturated carbocycles. The molecular weight excluding hydrogens is 380 g/mol. The first kappa shape index (κ1) is 19.8. The third-order valence-corrected chi connectivity index (χ3v) is 7.11. The Morgan fingerprint density at radius 1 is 1.11 bits per heavy atom. The topological polar surface area (TPSA) is 66.5 Å². The highest BCUT2D eigenvalue weighted by Crippen LogP contribution is 2.36. The summed E-state index contributed by atoms with van der Waals surface area (Å²) in [5.41, 5.74) is 4.13. The molecule has 1 amide bonds. The fourth-order valence-electron chi connectivity index (χ4n) is 3.38. The van der Waals surface area contributed by atoms with E-state index in [0.717, 1.165) is 33.8 Å². The molecule has 3 rings (SSSR count). The molecule has 0 spiro atoms. The minimum atomic E-state index is -3.76. The van der Waals surface area contributed by atoms with E-state index < -0.39 is 10.0 Å². The second-order valence-corrected chi connectivity index (χ2v) is 9.70. The van der Waals surface area contributed by atoms with Crippen molar-refractivity contribution in [2.75, 3.05) is 21.9 Å². The van der Waals surface area contributed by atoms with Crippen LogP contribution in [0.2, 0.25) is 0 Å². The lowest BCUT2D eigenvalue weighted by Gasteiger charge is -2.22. The number of nitrogens with zero attached hydrogens (tertiary/aromatic N) is 1. The van der Waals surface area contributed by atoms with E-state index in [0.29, 0.717) is 17.9 Å². The minimum Gasteiger partial charge on any atom is -0.311 e. The van der Waals surface area contributed by atoms with Crippen molar-refractivity contribution in [2.45, 2.75) is 43.9 Å². The standard InChI is InChI=1S/C20H24N2O3S2/c1-13-10-14(2)20(15(3)11-13)21-27(24,25)17-6-7-19-18(12-17)22(16(4)23)8-5-9-26-19/h6-7,10-12,21H,5,8-9H2,1-4H3. The summed E-state index contributed by atoms with van der Waals surface area (Å²) >= 11 is 1.65. The lowest BCUT2D eigenvalue weighted by Crippen LogP contribution is -2.29. The van der Waals surface area contributed by atoms with Crippen molar-refractivity contribution in [3.63, 3.8) is 0 Å². The predicted molar refractivity (Wildman–Crippen MR) is 111 cm³/mol. The molecular formula is C20H24N2O3S2. The van der Waals surface area contributed by atoms with E-state index in [1.165, 1.54) is 6.92 Å². The molecule has 1 aliphatic heterocycles. The first-order valence-corrected chi connectivity index (χ1v) is 11.3. The molecule has 0 aliphatic carbocycles. The van der Waals surface area contributed by atoms with Crippen LogP contribution in [0.15, 0.2) is 40.1 Å². The van der Waals surface area contributed by atoms with E-state index in [4.69, 9.17) is 0 Å². The molecule has 1 aliphatic rings. The maximum Gasteiger partial charge on any atom is 0.261 e. The average molecular weight is 405 g/mol. The van der Waals surface area contributed by atoms with Crippen LogP contribution in [0.4, 0.5) is 11.4 Å². The van der Waals surface area contributed by atoms with Gasteiger partial charge in [0.15, 0.2) is 0 Å². The second-order valence-electron chi connectivity index (χ2n) is 6.88. The van der Waals surface area contributed by atoms with Crippen molar-refractivity contribution in [3.05, 3.63) is 47.0 Å². The van der Waals surface area contributed by atoms with Gasteiger partial charge in [0, 0.05) is 18.4 Å². The highest BCUT2D eigenvalue weighted by molar-refractivity contribution is 7.99. The Labute approximate surface area is 165 Å². The van der Waals surface area contributed by atoms with Crippen LogP contribution in [0.25, 0.3) is 0 Å². The number of amides is 1. The van der Waals surface area contributed by atoms with Crippen molar-refractivity contribution in [1.82, 2.24) is 0 Å². The molecule has 5 nitrogen and oxygen atoms in total. The average Bonchev–Trinajstić information content (AvgIpc) is 2.80. The van der Waals surface area contributed by atoms with Crippen LogP contribution < -0.4 is 9.62 Å². The van der Waals surface area contributed by atoms with Crippen LogP contribution in [0.1, 0.15) is 30.0 Å². The Morgan fingerprint density at radius 2 is 1.78 bits per heavy atom. The highest BCUT2D eigenvalue weighted by Gasteiger charge is 2.23. The SMILES string of the molecule is CC(=O)N1CCCSc2ccc(S(=O)(=O)Nc3c(C)cc(C)cc3C)cc21. The van der Waals surface area contributed by atoms with Gasteiger partial charge in [0.2, 0.25) is 5.91 Å². The molecule has 2 aromatic carbocycles. The second kappa shape index (κ2) is 7.56. The van der Waals surface area contributed by atoms with Crippen molar-refractivity contribution < 1.29 is 13.2 Å². The van der Waals surface area contributed by atoms with Crippen LogP contribution in [-0.4, -0.2) is 26.6 Å². The summed E-state index contributed by atoms with van der Waals surface area (Å²) < 4.78 is 28.8. The van der Waals surface area contributed by atoms with Crippen LogP contribution in [0, 0.1) is 20.8 Å². The number of rotatable bonds is 3. The number of hydrogen-bond donors (Lipinski definition) is 1. The fourth-order valence-corrected chi connectivity index (χ4v) is 5.58. The molecule has 1 heterocycles. The summed E-state index contributed by atoms with van der Waals surface area (Å²) in [7, 11) is -3.76. The van der Waals surface area contributed by atoms with E-state index >= 15 is 0 Å². The Kier molecular flexibility index (Phi) is 5.53. The van der Waals surface area contributed by atoms with E-state index in [1.54, 1.807) is 34.9 Å². The largest absolute Gasteiger partial charge is 0.311 e. The Bertz CT molecular complexity index is 977. The number of hydrogen-bond acceptors (Lipinski definition) is 4. The zero-order valence-electron chi connectivity index (χ0n) is 16.0. The summed E-state index contributed by atoms with van der Waals surface area (Å²) in [5, 5.41) is 0. The van der Waals surface area contributed by atoms with Crippen LogP contribution >= 0.6 is 11.8 Å². The van der Waals surface area contributed by atoms with Crippen LogP contribution in [0.3, 0.4) is 0 Å². The zero-order valence-corrected chi connectivity index (χ0v) is 17.6. The van der Waals surface area contributed by atoms with Gasteiger partial charge in [0.1, 0.15) is 0 Å². The molecule has 0 unspecified atom stereocenters. The van der Waals surface area contributed by atoms with Gasteiger partial charge in [-0.25, -0.2) is 8.42 Å². The third-order valence-electron chi connectivity index (χ3n) is 4.61. The summed E-state index contributed by atoms with van der Waals surface area (Å²) in [4.78, 5) is 14.8. The van der Waals surface area contributed by atoms with Crippen LogP contribution in [0.5, 0.6) is 0 Å². The molecule has 0 fully saturated rings. The summed E-state index contributed by atoms with van der Waals surface area (Å²) in [6.45, 7) is 7.88. The van der Waals surface area contributed by atoms with Gasteiger partial charge >= 0.3 is 0 Å². The van der Waals surface area contributed by atoms with E-state index in [1.807, 2.05) is 32.9 Å². The van der Waals surface area contributed by atoms with E-state index in [-0.39, 0.29) is 10.8 Å². The molecule has 0 aromatic heterocycles. The van der Waals surface area contributed by atoms with Gasteiger partial charge < -0.3 is 4.90 Å². The highest BCUT2D eigenvalue weighted by atomic mass is 32.2. The smallest absolute Gasteiger partial charge is 0.261 e. The first-order chi connectivity index (χ1) is 12.7. The minimum absolute atomic E-state index is 0.0773. The molecule has 0 bridgehead atoms. The zero-order chi connectivity index (χ0) is 19.8. The molecule has 0 saturated heterocycles. The molecule has 2 aromatic rings. The van der Waals surface area contributed by atoms with Gasteiger partial charge in [-0.05, 0) is 62.3 Å². The Hall–Kier alpha value is -1.99. The number of sulfonamides is 1. The summed E-state index contributed by atoms with van der Waals surface area (Å²) in [5.74, 6) is 0.828. The Morgan fingerprint density at radius 3 is 2.41 bits per heavy atom. The number of benzene rings is 2.